The molecule has 1 aliphatic rings. The largest absolute Gasteiger partial charge is 0.381 e. The van der Waals surface area contributed by atoms with Crippen LogP contribution in [0.1, 0.15) is 19.3 Å². The topological polar surface area (TPSA) is 38.3 Å². The maximum absolute atomic E-state index is 9.97. The third-order valence-electron chi connectivity index (χ3n) is 2.19. The summed E-state index contributed by atoms with van der Waals surface area (Å²) in [6.07, 6.45) is 3.86. The van der Waals surface area contributed by atoms with Crippen LogP contribution >= 0.6 is 0 Å². The van der Waals surface area contributed by atoms with Crippen LogP contribution in [0.4, 0.5) is 0 Å². The van der Waals surface area contributed by atoms with Crippen molar-refractivity contribution in [1.29, 1.82) is 0 Å². The molecule has 1 aliphatic heterocycles. The van der Waals surface area contributed by atoms with Gasteiger partial charge in [0.2, 0.25) is 0 Å². The number of carbonyl (C=O) groups excluding carboxylic acids is 1. The van der Waals surface area contributed by atoms with E-state index in [4.69, 9.17) is 4.74 Å². The summed E-state index contributed by atoms with van der Waals surface area (Å²) in [4.78, 5) is 9.97. The van der Waals surface area contributed by atoms with Gasteiger partial charge in [0.25, 0.3) is 0 Å². The molecule has 3 heteroatoms. The second-order valence-corrected chi connectivity index (χ2v) is 3.22. The fraction of sp³-hybridized carbons (Fsp3) is 0.889. The molecular formula is C9H17NO2. The van der Waals surface area contributed by atoms with Crippen LogP contribution in [0.2, 0.25) is 0 Å². The molecule has 0 amide bonds. The van der Waals surface area contributed by atoms with Gasteiger partial charge in [-0.3, -0.25) is 0 Å². The number of ether oxygens (including phenoxy) is 1. The summed E-state index contributed by atoms with van der Waals surface area (Å²) < 4.78 is 5.35. The lowest BCUT2D eigenvalue weighted by Gasteiger charge is -2.22. The Morgan fingerprint density at radius 1 is 1.42 bits per heavy atom. The quantitative estimate of drug-likeness (QED) is 0.486. The average molecular weight is 171 g/mol. The second-order valence-electron chi connectivity index (χ2n) is 3.22. The zero-order valence-electron chi connectivity index (χ0n) is 7.42. The normalized spacial score (nSPS) is 19.3. The molecule has 1 N–H and O–H groups in total. The first-order valence-corrected chi connectivity index (χ1v) is 4.65. The Morgan fingerprint density at radius 3 is 2.83 bits per heavy atom. The Morgan fingerprint density at radius 2 is 2.17 bits per heavy atom. The third kappa shape index (κ3) is 3.83. The van der Waals surface area contributed by atoms with E-state index in [1.165, 1.54) is 12.8 Å². The molecule has 0 aromatic heterocycles. The van der Waals surface area contributed by atoms with E-state index in [0.29, 0.717) is 18.9 Å². The molecule has 0 aliphatic carbocycles. The smallest absolute Gasteiger partial charge is 0.122 e. The molecule has 0 aromatic carbocycles. The Kier molecular flexibility index (Phi) is 4.95. The van der Waals surface area contributed by atoms with E-state index in [2.05, 4.69) is 5.32 Å². The molecule has 1 saturated heterocycles. The van der Waals surface area contributed by atoms with Crippen LogP contribution in [0.3, 0.4) is 0 Å². The van der Waals surface area contributed by atoms with Gasteiger partial charge >= 0.3 is 0 Å². The van der Waals surface area contributed by atoms with Crippen LogP contribution in [0.5, 0.6) is 0 Å². The summed E-state index contributed by atoms with van der Waals surface area (Å²) >= 11 is 0. The molecule has 0 spiro atoms. The Hall–Kier alpha value is -0.410. The van der Waals surface area contributed by atoms with Crippen molar-refractivity contribution < 1.29 is 9.53 Å². The molecule has 3 nitrogen and oxygen atoms in total. The van der Waals surface area contributed by atoms with Crippen molar-refractivity contribution >= 4 is 6.29 Å². The predicted molar refractivity (Wildman–Crippen MR) is 47.1 cm³/mol. The van der Waals surface area contributed by atoms with Crippen molar-refractivity contribution in [2.45, 2.75) is 19.3 Å². The molecule has 1 rings (SSSR count). The Bertz CT molecular complexity index is 122. The first kappa shape index (κ1) is 9.68. The van der Waals surface area contributed by atoms with E-state index in [-0.39, 0.29) is 0 Å². The number of rotatable bonds is 5. The molecular weight excluding hydrogens is 154 g/mol. The molecule has 70 valence electrons. The number of nitrogens with one attached hydrogen (secondary N) is 1. The van der Waals surface area contributed by atoms with E-state index in [1.54, 1.807) is 0 Å². The Labute approximate surface area is 73.5 Å². The van der Waals surface area contributed by atoms with E-state index in [0.717, 1.165) is 26.0 Å². The molecule has 0 unspecified atom stereocenters. The van der Waals surface area contributed by atoms with Crippen molar-refractivity contribution in [2.75, 3.05) is 26.3 Å². The van der Waals surface area contributed by atoms with Gasteiger partial charge in [0.15, 0.2) is 0 Å². The molecule has 1 fully saturated rings. The van der Waals surface area contributed by atoms with Gasteiger partial charge < -0.3 is 14.8 Å². The van der Waals surface area contributed by atoms with Crippen LogP contribution in [-0.2, 0) is 9.53 Å². The van der Waals surface area contributed by atoms with Crippen LogP contribution in [0, 0.1) is 5.92 Å². The fourth-order valence-corrected chi connectivity index (χ4v) is 1.43. The first-order valence-electron chi connectivity index (χ1n) is 4.65. The fourth-order valence-electron chi connectivity index (χ4n) is 1.43. The summed E-state index contributed by atoms with van der Waals surface area (Å²) in [6, 6.07) is 0. The molecule has 0 saturated carbocycles. The van der Waals surface area contributed by atoms with Gasteiger partial charge in [-0.1, -0.05) is 0 Å². The number of aldehydes is 1. The number of hydrogen-bond acceptors (Lipinski definition) is 3. The van der Waals surface area contributed by atoms with Crippen molar-refractivity contribution in [3.63, 3.8) is 0 Å². The molecule has 0 radical (unpaired) electrons. The van der Waals surface area contributed by atoms with Gasteiger partial charge in [-0.2, -0.15) is 0 Å². The summed E-state index contributed by atoms with van der Waals surface area (Å²) in [5.41, 5.74) is 0. The summed E-state index contributed by atoms with van der Waals surface area (Å²) in [7, 11) is 0. The first-order chi connectivity index (χ1) is 5.93. The molecule has 0 bridgehead atoms. The van der Waals surface area contributed by atoms with E-state index in [9.17, 15) is 4.79 Å². The maximum Gasteiger partial charge on any atom is 0.122 e. The van der Waals surface area contributed by atoms with Crippen molar-refractivity contribution in [3.05, 3.63) is 0 Å². The highest BCUT2D eigenvalue weighted by Gasteiger charge is 2.12. The van der Waals surface area contributed by atoms with Crippen molar-refractivity contribution in [3.8, 4) is 0 Å². The van der Waals surface area contributed by atoms with Crippen molar-refractivity contribution in [1.82, 2.24) is 5.32 Å². The van der Waals surface area contributed by atoms with Crippen molar-refractivity contribution in [2.24, 2.45) is 5.92 Å². The van der Waals surface area contributed by atoms with Gasteiger partial charge in [-0.15, -0.1) is 0 Å². The highest BCUT2D eigenvalue weighted by molar-refractivity contribution is 5.49. The Balaban J connectivity index is 1.94. The zero-order valence-corrected chi connectivity index (χ0v) is 7.42. The molecule has 0 atom stereocenters. The van der Waals surface area contributed by atoms with E-state index >= 15 is 0 Å². The highest BCUT2D eigenvalue weighted by atomic mass is 16.5. The second kappa shape index (κ2) is 6.14. The molecule has 1 heterocycles. The summed E-state index contributed by atoms with van der Waals surface area (Å²) in [5.74, 6) is 0.706. The predicted octanol–water partition coefficient (Wildman–Crippen LogP) is 0.592. The van der Waals surface area contributed by atoms with Gasteiger partial charge in [0.05, 0.1) is 6.61 Å². The monoisotopic (exact) mass is 171 g/mol. The van der Waals surface area contributed by atoms with Crippen LogP contribution in [0.25, 0.3) is 0 Å². The number of carbonyl (C=O) groups is 1. The summed E-state index contributed by atoms with van der Waals surface area (Å²) in [6.45, 7) is 3.65. The molecule has 0 aromatic rings. The minimum Gasteiger partial charge on any atom is -0.381 e. The highest BCUT2D eigenvalue weighted by Crippen LogP contribution is 2.11. The van der Waals surface area contributed by atoms with Crippen LogP contribution in [-0.4, -0.2) is 32.6 Å². The van der Waals surface area contributed by atoms with Gasteiger partial charge in [0, 0.05) is 13.0 Å². The van der Waals surface area contributed by atoms with Gasteiger partial charge in [0.1, 0.15) is 6.29 Å². The zero-order chi connectivity index (χ0) is 8.65. The van der Waals surface area contributed by atoms with E-state index < -0.39 is 0 Å². The lowest BCUT2D eigenvalue weighted by atomic mass is 9.99. The number of hydrogen-bond donors (Lipinski definition) is 1. The number of piperidine rings is 1. The lowest BCUT2D eigenvalue weighted by molar-refractivity contribution is -0.108. The van der Waals surface area contributed by atoms with Crippen LogP contribution < -0.4 is 5.32 Å². The lowest BCUT2D eigenvalue weighted by Crippen LogP contribution is -2.30. The minimum atomic E-state index is 0.533. The third-order valence-corrected chi connectivity index (χ3v) is 2.19. The average Bonchev–Trinajstić information content (AvgIpc) is 2.14. The summed E-state index contributed by atoms with van der Waals surface area (Å²) in [5, 5.41) is 3.30. The standard InChI is InChI=1S/C9H17NO2/c11-6-1-7-12-8-9-2-4-10-5-3-9/h6,9-10H,1-5,7-8H2. The maximum atomic E-state index is 9.97. The van der Waals surface area contributed by atoms with Gasteiger partial charge in [-0.05, 0) is 31.8 Å². The van der Waals surface area contributed by atoms with Crippen LogP contribution in [0.15, 0.2) is 0 Å². The van der Waals surface area contributed by atoms with Gasteiger partial charge in [-0.25, -0.2) is 0 Å². The van der Waals surface area contributed by atoms with E-state index in [1.807, 2.05) is 0 Å². The SMILES string of the molecule is O=CCCOCC1CCNCC1. The molecule has 12 heavy (non-hydrogen) atoms. The minimum absolute atomic E-state index is 0.533.